The van der Waals surface area contributed by atoms with Crippen LogP contribution in [0.15, 0.2) is 21.5 Å². The third-order valence-corrected chi connectivity index (χ3v) is 5.41. The average molecular weight is 396 g/mol. The highest BCUT2D eigenvalue weighted by atomic mass is 79.9. The van der Waals surface area contributed by atoms with Gasteiger partial charge in [0.15, 0.2) is 0 Å². The zero-order valence-electron chi connectivity index (χ0n) is 11.2. The van der Waals surface area contributed by atoms with Crippen molar-refractivity contribution in [2.24, 2.45) is 5.14 Å². The maximum Gasteiger partial charge on any atom is 0.253 e. The fourth-order valence-corrected chi connectivity index (χ4v) is 4.22. The lowest BCUT2D eigenvalue weighted by molar-refractivity contribution is 0.0927. The Balaban J connectivity index is 2.30. The molecule has 1 saturated carbocycles. The topological polar surface area (TPSA) is 89.3 Å². The molecule has 1 aliphatic rings. The van der Waals surface area contributed by atoms with E-state index in [0.29, 0.717) is 4.47 Å². The van der Waals surface area contributed by atoms with Gasteiger partial charge in [-0.15, -0.1) is 0 Å². The van der Waals surface area contributed by atoms with E-state index < -0.39 is 10.0 Å². The predicted molar refractivity (Wildman–Crippen MR) is 84.9 cm³/mol. The van der Waals surface area contributed by atoms with Crippen molar-refractivity contribution in [1.82, 2.24) is 5.32 Å². The minimum Gasteiger partial charge on any atom is -0.349 e. The summed E-state index contributed by atoms with van der Waals surface area (Å²) >= 11 is 9.21. The van der Waals surface area contributed by atoms with E-state index in [1.165, 1.54) is 18.6 Å². The molecule has 0 aromatic heterocycles. The molecule has 2 rings (SSSR count). The van der Waals surface area contributed by atoms with Crippen LogP contribution in [0, 0.1) is 0 Å². The molecule has 0 radical (unpaired) electrons. The Morgan fingerprint density at radius 3 is 2.48 bits per heavy atom. The van der Waals surface area contributed by atoms with Crippen molar-refractivity contribution >= 4 is 43.5 Å². The molecule has 1 aromatic rings. The van der Waals surface area contributed by atoms with Crippen molar-refractivity contribution in [3.63, 3.8) is 0 Å². The molecule has 1 aliphatic carbocycles. The van der Waals surface area contributed by atoms with Crippen LogP contribution in [0.3, 0.4) is 0 Å². The lowest BCUT2D eigenvalue weighted by Crippen LogP contribution is -2.36. The Morgan fingerprint density at radius 1 is 1.29 bits per heavy atom. The molecule has 0 spiro atoms. The number of benzene rings is 1. The molecule has 3 N–H and O–H groups in total. The monoisotopic (exact) mass is 394 g/mol. The Bertz CT molecular complexity index is 658. The van der Waals surface area contributed by atoms with Crippen molar-refractivity contribution in [3.05, 3.63) is 27.2 Å². The zero-order chi connectivity index (χ0) is 15.6. The van der Waals surface area contributed by atoms with Gasteiger partial charge in [-0.05, 0) is 25.0 Å². The van der Waals surface area contributed by atoms with Gasteiger partial charge in [0.25, 0.3) is 5.91 Å². The molecule has 0 saturated heterocycles. The molecule has 0 bridgehead atoms. The van der Waals surface area contributed by atoms with E-state index in [1.807, 2.05) is 0 Å². The standard InChI is InChI=1S/C13H16BrClN2O3S/c14-8-6-10(12(15)11(7-8)21(16,19)20)13(18)17-9-4-2-1-3-5-9/h6-7,9H,1-5H2,(H,17,18)(H2,16,19,20). The Kier molecular flexibility index (Phi) is 5.29. The van der Waals surface area contributed by atoms with E-state index in [9.17, 15) is 13.2 Å². The average Bonchev–Trinajstić information content (AvgIpc) is 2.40. The van der Waals surface area contributed by atoms with Gasteiger partial charge in [0.05, 0.1) is 10.6 Å². The summed E-state index contributed by atoms with van der Waals surface area (Å²) in [6.07, 6.45) is 5.21. The molecule has 0 heterocycles. The Hall–Kier alpha value is -0.630. The third kappa shape index (κ3) is 4.18. The first-order chi connectivity index (χ1) is 9.79. The van der Waals surface area contributed by atoms with Crippen molar-refractivity contribution in [3.8, 4) is 0 Å². The maximum atomic E-state index is 12.3. The van der Waals surface area contributed by atoms with Gasteiger partial charge in [0.1, 0.15) is 4.90 Å². The van der Waals surface area contributed by atoms with Crippen LogP contribution in [-0.4, -0.2) is 20.4 Å². The first kappa shape index (κ1) is 16.7. The fraction of sp³-hybridized carbons (Fsp3) is 0.462. The Labute approximate surface area is 137 Å². The molecule has 5 nitrogen and oxygen atoms in total. The predicted octanol–water partition coefficient (Wildman–Crippen LogP) is 2.81. The number of sulfonamides is 1. The van der Waals surface area contributed by atoms with Crippen LogP contribution in [0.2, 0.25) is 5.02 Å². The van der Waals surface area contributed by atoms with E-state index >= 15 is 0 Å². The van der Waals surface area contributed by atoms with Crippen LogP contribution < -0.4 is 10.5 Å². The first-order valence-electron chi connectivity index (χ1n) is 6.62. The zero-order valence-corrected chi connectivity index (χ0v) is 14.4. The minimum atomic E-state index is -3.99. The highest BCUT2D eigenvalue weighted by Gasteiger charge is 2.23. The van der Waals surface area contributed by atoms with Gasteiger partial charge in [0.2, 0.25) is 10.0 Å². The summed E-state index contributed by atoms with van der Waals surface area (Å²) < 4.78 is 23.5. The smallest absolute Gasteiger partial charge is 0.253 e. The van der Waals surface area contributed by atoms with Crippen molar-refractivity contribution in [1.29, 1.82) is 0 Å². The van der Waals surface area contributed by atoms with Gasteiger partial charge in [0, 0.05) is 10.5 Å². The number of carbonyl (C=O) groups excluding carboxylic acids is 1. The number of primary sulfonamides is 1. The summed E-state index contributed by atoms with van der Waals surface area (Å²) in [7, 11) is -3.99. The second-order valence-electron chi connectivity index (χ2n) is 5.12. The fourth-order valence-electron chi connectivity index (χ4n) is 2.45. The molecular weight excluding hydrogens is 380 g/mol. The molecule has 21 heavy (non-hydrogen) atoms. The molecule has 0 aliphatic heterocycles. The highest BCUT2D eigenvalue weighted by Crippen LogP contribution is 2.29. The van der Waals surface area contributed by atoms with Gasteiger partial charge in [-0.1, -0.05) is 46.8 Å². The number of rotatable bonds is 3. The number of carbonyl (C=O) groups is 1. The molecule has 0 unspecified atom stereocenters. The first-order valence-corrected chi connectivity index (χ1v) is 9.33. The van der Waals surface area contributed by atoms with Gasteiger partial charge in [-0.3, -0.25) is 4.79 Å². The van der Waals surface area contributed by atoms with E-state index in [2.05, 4.69) is 21.2 Å². The molecular formula is C13H16BrClN2O3S. The highest BCUT2D eigenvalue weighted by molar-refractivity contribution is 9.10. The largest absolute Gasteiger partial charge is 0.349 e. The molecule has 116 valence electrons. The van der Waals surface area contributed by atoms with Crippen molar-refractivity contribution in [2.45, 2.75) is 43.0 Å². The second kappa shape index (κ2) is 6.64. The normalized spacial score (nSPS) is 16.7. The van der Waals surface area contributed by atoms with E-state index in [0.717, 1.165) is 25.7 Å². The van der Waals surface area contributed by atoms with E-state index in [1.54, 1.807) is 0 Å². The van der Waals surface area contributed by atoms with Gasteiger partial charge in [-0.2, -0.15) is 0 Å². The summed E-state index contributed by atoms with van der Waals surface area (Å²) in [5.74, 6) is -0.377. The van der Waals surface area contributed by atoms with Gasteiger partial charge in [-0.25, -0.2) is 13.6 Å². The number of nitrogens with two attached hydrogens (primary N) is 1. The Morgan fingerprint density at radius 2 is 1.90 bits per heavy atom. The SMILES string of the molecule is NS(=O)(=O)c1cc(Br)cc(C(=O)NC2CCCCC2)c1Cl. The summed E-state index contributed by atoms with van der Waals surface area (Å²) in [5, 5.41) is 7.87. The van der Waals surface area contributed by atoms with Crippen LogP contribution in [0.5, 0.6) is 0 Å². The molecule has 1 fully saturated rings. The number of hydrogen-bond donors (Lipinski definition) is 2. The van der Waals surface area contributed by atoms with Gasteiger partial charge < -0.3 is 5.32 Å². The second-order valence-corrected chi connectivity index (χ2v) is 7.94. The number of hydrogen-bond acceptors (Lipinski definition) is 3. The molecule has 8 heteroatoms. The lowest BCUT2D eigenvalue weighted by Gasteiger charge is -2.23. The summed E-state index contributed by atoms with van der Waals surface area (Å²) in [5.41, 5.74) is 0.112. The number of nitrogens with one attached hydrogen (secondary N) is 1. The van der Waals surface area contributed by atoms with Crippen molar-refractivity contribution < 1.29 is 13.2 Å². The van der Waals surface area contributed by atoms with E-state index in [-0.39, 0.29) is 27.4 Å². The molecule has 1 amide bonds. The summed E-state index contributed by atoms with van der Waals surface area (Å²) in [4.78, 5) is 12.1. The van der Waals surface area contributed by atoms with Crippen LogP contribution in [-0.2, 0) is 10.0 Å². The van der Waals surface area contributed by atoms with Gasteiger partial charge >= 0.3 is 0 Å². The van der Waals surface area contributed by atoms with Crippen molar-refractivity contribution in [2.75, 3.05) is 0 Å². The molecule has 1 aromatic carbocycles. The van der Waals surface area contributed by atoms with Crippen LogP contribution in [0.4, 0.5) is 0 Å². The summed E-state index contributed by atoms with van der Waals surface area (Å²) in [6, 6.07) is 2.89. The third-order valence-electron chi connectivity index (χ3n) is 3.50. The minimum absolute atomic E-state index is 0.110. The number of amides is 1. The number of halogens is 2. The van der Waals surface area contributed by atoms with Crippen LogP contribution >= 0.6 is 27.5 Å². The molecule has 0 atom stereocenters. The van der Waals surface area contributed by atoms with Crippen LogP contribution in [0.1, 0.15) is 42.5 Å². The maximum absolute atomic E-state index is 12.3. The quantitative estimate of drug-likeness (QED) is 0.824. The summed E-state index contributed by atoms with van der Waals surface area (Å²) in [6.45, 7) is 0. The van der Waals surface area contributed by atoms with Crippen LogP contribution in [0.25, 0.3) is 0 Å². The lowest BCUT2D eigenvalue weighted by atomic mass is 9.95. The van der Waals surface area contributed by atoms with E-state index in [4.69, 9.17) is 16.7 Å².